The Hall–Kier alpha value is -1.89. The van der Waals surface area contributed by atoms with Gasteiger partial charge in [0.15, 0.2) is 0 Å². The number of likely N-dealkylation sites (tertiary alicyclic amines) is 1. The van der Waals surface area contributed by atoms with Crippen molar-refractivity contribution in [1.82, 2.24) is 9.88 Å². The van der Waals surface area contributed by atoms with E-state index in [0.717, 1.165) is 12.8 Å². The Morgan fingerprint density at radius 2 is 2.09 bits per heavy atom. The Labute approximate surface area is 134 Å². The van der Waals surface area contributed by atoms with Crippen LogP contribution in [0.4, 0.5) is 4.39 Å². The zero-order chi connectivity index (χ0) is 15.9. The van der Waals surface area contributed by atoms with Crippen LogP contribution in [0.5, 0.6) is 0 Å². The van der Waals surface area contributed by atoms with Gasteiger partial charge < -0.3 is 15.0 Å². The maximum absolute atomic E-state index is 13.9. The molecule has 1 unspecified atom stereocenters. The summed E-state index contributed by atoms with van der Waals surface area (Å²) in [7, 11) is 0. The highest BCUT2D eigenvalue weighted by molar-refractivity contribution is 9.10. The molecule has 0 spiro atoms. The van der Waals surface area contributed by atoms with Gasteiger partial charge in [-0.05, 0) is 37.5 Å². The first-order chi connectivity index (χ1) is 10.5. The molecule has 2 heterocycles. The van der Waals surface area contributed by atoms with E-state index in [4.69, 9.17) is 0 Å². The van der Waals surface area contributed by atoms with Crippen LogP contribution in [0.15, 0.2) is 22.7 Å². The average molecular weight is 369 g/mol. The zero-order valence-electron chi connectivity index (χ0n) is 11.6. The number of aliphatic carboxylic acids is 1. The Morgan fingerprint density at radius 1 is 1.32 bits per heavy atom. The first kappa shape index (κ1) is 15.0. The SMILES string of the molecule is O=C(O)C1CCCCN1C(=O)c1cc2c(F)cc(Br)cc2[nH]1. The molecule has 0 saturated carbocycles. The number of nitrogens with one attached hydrogen (secondary N) is 1. The number of aromatic amines is 1. The van der Waals surface area contributed by atoms with Gasteiger partial charge >= 0.3 is 5.97 Å². The molecule has 1 aliphatic rings. The van der Waals surface area contributed by atoms with E-state index in [1.165, 1.54) is 17.0 Å². The van der Waals surface area contributed by atoms with E-state index < -0.39 is 23.7 Å². The number of nitrogens with zero attached hydrogens (tertiary/aromatic N) is 1. The van der Waals surface area contributed by atoms with Gasteiger partial charge in [-0.25, -0.2) is 9.18 Å². The van der Waals surface area contributed by atoms with Crippen LogP contribution in [-0.4, -0.2) is 39.5 Å². The molecule has 5 nitrogen and oxygen atoms in total. The number of carbonyl (C=O) groups is 2. The van der Waals surface area contributed by atoms with Crippen molar-refractivity contribution in [3.8, 4) is 0 Å². The summed E-state index contributed by atoms with van der Waals surface area (Å²) >= 11 is 3.20. The molecule has 0 radical (unpaired) electrons. The van der Waals surface area contributed by atoms with E-state index in [9.17, 15) is 19.1 Å². The van der Waals surface area contributed by atoms with Crippen LogP contribution in [0.3, 0.4) is 0 Å². The molecule has 1 aromatic heterocycles. The van der Waals surface area contributed by atoms with Gasteiger partial charge in [-0.15, -0.1) is 0 Å². The maximum atomic E-state index is 13.9. The van der Waals surface area contributed by atoms with Crippen LogP contribution < -0.4 is 0 Å². The van der Waals surface area contributed by atoms with Gasteiger partial charge in [-0.1, -0.05) is 15.9 Å². The Kier molecular flexibility index (Phi) is 3.90. The van der Waals surface area contributed by atoms with E-state index in [1.807, 2.05) is 0 Å². The number of hydrogen-bond donors (Lipinski definition) is 2. The highest BCUT2D eigenvalue weighted by atomic mass is 79.9. The molecule has 0 aliphatic carbocycles. The van der Waals surface area contributed by atoms with Crippen LogP contribution in [0.25, 0.3) is 10.9 Å². The van der Waals surface area contributed by atoms with E-state index in [-0.39, 0.29) is 5.69 Å². The third-order valence-corrected chi connectivity index (χ3v) is 4.39. The number of amides is 1. The number of rotatable bonds is 2. The predicted molar refractivity (Wildman–Crippen MR) is 82.3 cm³/mol. The lowest BCUT2D eigenvalue weighted by atomic mass is 10.0. The average Bonchev–Trinajstić information content (AvgIpc) is 2.90. The molecule has 1 amide bonds. The second kappa shape index (κ2) is 5.72. The summed E-state index contributed by atoms with van der Waals surface area (Å²) in [5, 5.41) is 9.57. The van der Waals surface area contributed by atoms with Crippen molar-refractivity contribution in [1.29, 1.82) is 0 Å². The molecule has 2 N–H and O–H groups in total. The van der Waals surface area contributed by atoms with Gasteiger partial charge in [0.1, 0.15) is 17.6 Å². The Bertz CT molecular complexity index is 759. The van der Waals surface area contributed by atoms with E-state index >= 15 is 0 Å². The van der Waals surface area contributed by atoms with Crippen molar-refractivity contribution in [2.24, 2.45) is 0 Å². The molecular weight excluding hydrogens is 355 g/mol. The number of carbonyl (C=O) groups excluding carboxylic acids is 1. The molecule has 1 fully saturated rings. The Morgan fingerprint density at radius 3 is 2.82 bits per heavy atom. The quantitative estimate of drug-likeness (QED) is 0.854. The van der Waals surface area contributed by atoms with Crippen molar-refractivity contribution < 1.29 is 19.1 Å². The van der Waals surface area contributed by atoms with Gasteiger partial charge in [0.05, 0.1) is 5.52 Å². The number of aromatic nitrogens is 1. The molecule has 3 rings (SSSR count). The fourth-order valence-electron chi connectivity index (χ4n) is 2.86. The molecule has 7 heteroatoms. The van der Waals surface area contributed by atoms with Crippen molar-refractivity contribution in [3.05, 3.63) is 34.2 Å². The monoisotopic (exact) mass is 368 g/mol. The lowest BCUT2D eigenvalue weighted by Gasteiger charge is -2.32. The first-order valence-electron chi connectivity index (χ1n) is 6.99. The zero-order valence-corrected chi connectivity index (χ0v) is 13.2. The number of halogens is 2. The second-order valence-corrected chi connectivity index (χ2v) is 6.30. The summed E-state index contributed by atoms with van der Waals surface area (Å²) in [6.45, 7) is 0.400. The maximum Gasteiger partial charge on any atom is 0.326 e. The minimum Gasteiger partial charge on any atom is -0.480 e. The number of H-pyrrole nitrogens is 1. The third kappa shape index (κ3) is 2.61. The van der Waals surface area contributed by atoms with Gasteiger partial charge in [0.25, 0.3) is 5.91 Å². The van der Waals surface area contributed by atoms with Gasteiger partial charge in [-0.2, -0.15) is 0 Å². The van der Waals surface area contributed by atoms with Crippen molar-refractivity contribution in [3.63, 3.8) is 0 Å². The van der Waals surface area contributed by atoms with E-state index in [0.29, 0.717) is 28.3 Å². The molecule has 1 atom stereocenters. The molecule has 0 bridgehead atoms. The second-order valence-electron chi connectivity index (χ2n) is 5.38. The largest absolute Gasteiger partial charge is 0.480 e. The third-order valence-electron chi connectivity index (χ3n) is 3.93. The molecule has 2 aromatic rings. The van der Waals surface area contributed by atoms with Gasteiger partial charge in [0, 0.05) is 16.4 Å². The Balaban J connectivity index is 1.97. The topological polar surface area (TPSA) is 73.4 Å². The summed E-state index contributed by atoms with van der Waals surface area (Å²) < 4.78 is 14.5. The molecule has 1 aromatic carbocycles. The summed E-state index contributed by atoms with van der Waals surface area (Å²) in [6.07, 6.45) is 2.01. The minimum absolute atomic E-state index is 0.208. The lowest BCUT2D eigenvalue weighted by Crippen LogP contribution is -2.48. The normalized spacial score (nSPS) is 18.6. The van der Waals surface area contributed by atoms with Crippen LogP contribution in [0.1, 0.15) is 29.8 Å². The predicted octanol–water partition coefficient (Wildman–Crippen LogP) is 3.15. The standard InChI is InChI=1S/C15H14BrFN2O3/c16-8-5-10(17)9-7-12(18-11(9)6-8)14(20)19-4-2-1-3-13(19)15(21)22/h5-7,13,18H,1-4H2,(H,21,22). The minimum atomic E-state index is -1.00. The van der Waals surface area contributed by atoms with Gasteiger partial charge in [0.2, 0.25) is 0 Å². The van der Waals surface area contributed by atoms with Crippen LogP contribution in [0, 0.1) is 5.82 Å². The molecule has 22 heavy (non-hydrogen) atoms. The smallest absolute Gasteiger partial charge is 0.326 e. The lowest BCUT2D eigenvalue weighted by molar-refractivity contribution is -0.143. The molecule has 116 valence electrons. The number of fused-ring (bicyclic) bond motifs is 1. The number of carboxylic acid groups (broad SMARTS) is 1. The summed E-state index contributed by atoms with van der Waals surface area (Å²) in [5.41, 5.74) is 0.708. The summed E-state index contributed by atoms with van der Waals surface area (Å²) in [4.78, 5) is 28.1. The number of benzene rings is 1. The van der Waals surface area contributed by atoms with Crippen LogP contribution in [-0.2, 0) is 4.79 Å². The number of piperidine rings is 1. The first-order valence-corrected chi connectivity index (χ1v) is 7.78. The van der Waals surface area contributed by atoms with Crippen LogP contribution >= 0.6 is 15.9 Å². The van der Waals surface area contributed by atoms with Crippen molar-refractivity contribution in [2.75, 3.05) is 6.54 Å². The highest BCUT2D eigenvalue weighted by Crippen LogP contribution is 2.26. The van der Waals surface area contributed by atoms with Gasteiger partial charge in [-0.3, -0.25) is 4.79 Å². The molecular formula is C15H14BrFN2O3. The fourth-order valence-corrected chi connectivity index (χ4v) is 3.29. The highest BCUT2D eigenvalue weighted by Gasteiger charge is 2.33. The van der Waals surface area contributed by atoms with E-state index in [1.54, 1.807) is 6.07 Å². The van der Waals surface area contributed by atoms with Crippen molar-refractivity contribution in [2.45, 2.75) is 25.3 Å². The van der Waals surface area contributed by atoms with Crippen molar-refractivity contribution >= 4 is 38.7 Å². The van der Waals surface area contributed by atoms with E-state index in [2.05, 4.69) is 20.9 Å². The molecule has 1 saturated heterocycles. The fraction of sp³-hybridized carbons (Fsp3) is 0.333. The molecule has 1 aliphatic heterocycles. The number of hydrogen-bond acceptors (Lipinski definition) is 2. The summed E-state index contributed by atoms with van der Waals surface area (Å²) in [5.74, 6) is -1.84. The summed E-state index contributed by atoms with van der Waals surface area (Å²) in [6, 6.07) is 3.63. The van der Waals surface area contributed by atoms with Crippen LogP contribution in [0.2, 0.25) is 0 Å². The number of carboxylic acids is 1.